The Morgan fingerprint density at radius 2 is 1.88 bits per heavy atom. The zero-order chi connectivity index (χ0) is 18.5. The molecule has 1 aromatic rings. The van der Waals surface area contributed by atoms with E-state index in [0.29, 0.717) is 37.7 Å². The molecule has 1 atom stereocenters. The van der Waals surface area contributed by atoms with Gasteiger partial charge in [0.2, 0.25) is 0 Å². The van der Waals surface area contributed by atoms with Gasteiger partial charge in [-0.25, -0.2) is 0 Å². The van der Waals surface area contributed by atoms with E-state index in [1.54, 1.807) is 19.2 Å². The molecule has 0 bridgehead atoms. The molecule has 0 saturated heterocycles. The smallest absolute Gasteiger partial charge is 0.310 e. The summed E-state index contributed by atoms with van der Waals surface area (Å²) in [5, 5.41) is 9.59. The van der Waals surface area contributed by atoms with Gasteiger partial charge < -0.3 is 19.3 Å². The van der Waals surface area contributed by atoms with Crippen LogP contribution in [0, 0.1) is 0 Å². The first-order chi connectivity index (χ1) is 12.1. The molecule has 1 N–H and O–H groups in total. The maximum Gasteiger partial charge on any atom is 0.310 e. The number of carboxylic acid groups (broad SMARTS) is 1. The maximum absolute atomic E-state index is 11.7. The van der Waals surface area contributed by atoms with Crippen LogP contribution in [0.25, 0.3) is 0 Å². The molecule has 0 aliphatic rings. The minimum absolute atomic E-state index is 0.506. The summed E-state index contributed by atoms with van der Waals surface area (Å²) in [6, 6.07) is 5.41. The van der Waals surface area contributed by atoms with E-state index in [0.717, 1.165) is 37.7 Å². The van der Waals surface area contributed by atoms with Crippen molar-refractivity contribution >= 4 is 5.97 Å². The number of hydrogen-bond donors (Lipinski definition) is 1. The minimum Gasteiger partial charge on any atom is -0.493 e. The van der Waals surface area contributed by atoms with Crippen LogP contribution < -0.4 is 9.47 Å². The molecule has 0 amide bonds. The SMILES string of the molecule is CCCCCCC(C(=O)O)c1ccc(OC)c(OCCCOCC)c1. The highest BCUT2D eigenvalue weighted by Crippen LogP contribution is 2.33. The van der Waals surface area contributed by atoms with Crippen molar-refractivity contribution in [3.05, 3.63) is 23.8 Å². The molecule has 0 aromatic heterocycles. The topological polar surface area (TPSA) is 65.0 Å². The normalized spacial score (nSPS) is 12.0. The van der Waals surface area contributed by atoms with Crippen molar-refractivity contribution < 1.29 is 24.1 Å². The molecule has 0 fully saturated rings. The lowest BCUT2D eigenvalue weighted by molar-refractivity contribution is -0.139. The van der Waals surface area contributed by atoms with Crippen LogP contribution in [0.2, 0.25) is 0 Å². The van der Waals surface area contributed by atoms with Gasteiger partial charge in [0.1, 0.15) is 0 Å². The number of carboxylic acids is 1. The van der Waals surface area contributed by atoms with Gasteiger partial charge in [0.25, 0.3) is 0 Å². The number of unbranched alkanes of at least 4 members (excludes halogenated alkanes) is 3. The Labute approximate surface area is 151 Å². The minimum atomic E-state index is -0.788. The molecule has 25 heavy (non-hydrogen) atoms. The predicted octanol–water partition coefficient (Wildman–Crippen LogP) is 4.64. The van der Waals surface area contributed by atoms with Crippen molar-refractivity contribution in [2.45, 2.75) is 58.3 Å². The van der Waals surface area contributed by atoms with Gasteiger partial charge >= 0.3 is 5.97 Å². The third kappa shape index (κ3) is 7.78. The van der Waals surface area contributed by atoms with Crippen molar-refractivity contribution in [3.63, 3.8) is 0 Å². The van der Waals surface area contributed by atoms with E-state index in [1.807, 2.05) is 13.0 Å². The number of methoxy groups -OCH3 is 1. The highest BCUT2D eigenvalue weighted by atomic mass is 16.5. The highest BCUT2D eigenvalue weighted by Gasteiger charge is 2.21. The lowest BCUT2D eigenvalue weighted by Gasteiger charge is -2.16. The number of aliphatic carboxylic acids is 1. The van der Waals surface area contributed by atoms with E-state index in [9.17, 15) is 9.90 Å². The van der Waals surface area contributed by atoms with Gasteiger partial charge in [-0.05, 0) is 31.0 Å². The maximum atomic E-state index is 11.7. The number of ether oxygens (including phenoxy) is 3. The van der Waals surface area contributed by atoms with Crippen molar-refractivity contribution in [1.29, 1.82) is 0 Å². The predicted molar refractivity (Wildman–Crippen MR) is 98.7 cm³/mol. The quantitative estimate of drug-likeness (QED) is 0.494. The molecule has 1 unspecified atom stereocenters. The summed E-state index contributed by atoms with van der Waals surface area (Å²) in [5.41, 5.74) is 0.768. The zero-order valence-corrected chi connectivity index (χ0v) is 15.8. The summed E-state index contributed by atoms with van der Waals surface area (Å²) in [6.07, 6.45) is 5.69. The molecule has 0 heterocycles. The monoisotopic (exact) mass is 352 g/mol. The molecule has 5 heteroatoms. The summed E-state index contributed by atoms with van der Waals surface area (Å²) in [7, 11) is 1.58. The molecule has 0 saturated carbocycles. The van der Waals surface area contributed by atoms with Crippen LogP contribution >= 0.6 is 0 Å². The molecule has 142 valence electrons. The van der Waals surface area contributed by atoms with Crippen molar-refractivity contribution in [2.75, 3.05) is 26.9 Å². The lowest BCUT2D eigenvalue weighted by Crippen LogP contribution is -2.12. The molecular weight excluding hydrogens is 320 g/mol. The van der Waals surface area contributed by atoms with E-state index in [1.165, 1.54) is 0 Å². The number of carbonyl (C=O) groups is 1. The molecule has 1 rings (SSSR count). The van der Waals surface area contributed by atoms with Crippen LogP contribution in [0.4, 0.5) is 0 Å². The Hall–Kier alpha value is -1.75. The Bertz CT molecular complexity index is 501. The van der Waals surface area contributed by atoms with Crippen LogP contribution in [0.1, 0.15) is 63.9 Å². The van der Waals surface area contributed by atoms with E-state index >= 15 is 0 Å². The van der Waals surface area contributed by atoms with Gasteiger partial charge in [0.05, 0.1) is 19.6 Å². The largest absolute Gasteiger partial charge is 0.493 e. The van der Waals surface area contributed by atoms with Crippen molar-refractivity contribution in [3.8, 4) is 11.5 Å². The Morgan fingerprint density at radius 1 is 1.08 bits per heavy atom. The van der Waals surface area contributed by atoms with Gasteiger partial charge in [-0.1, -0.05) is 38.7 Å². The summed E-state index contributed by atoms with van der Waals surface area (Å²) >= 11 is 0. The van der Waals surface area contributed by atoms with Crippen LogP contribution in [-0.4, -0.2) is 38.0 Å². The van der Waals surface area contributed by atoms with Gasteiger partial charge in [-0.15, -0.1) is 0 Å². The summed E-state index contributed by atoms with van der Waals surface area (Å²) in [5.74, 6) is -0.0795. The zero-order valence-electron chi connectivity index (χ0n) is 15.8. The molecule has 0 aliphatic heterocycles. The number of rotatable bonds is 14. The van der Waals surface area contributed by atoms with Crippen LogP contribution in [-0.2, 0) is 9.53 Å². The van der Waals surface area contributed by atoms with Gasteiger partial charge in [-0.3, -0.25) is 4.79 Å². The number of hydrogen-bond acceptors (Lipinski definition) is 4. The molecule has 0 radical (unpaired) electrons. The standard InChI is InChI=1S/C20H32O5/c1-4-6-7-8-10-17(20(21)22)16-11-12-18(23-3)19(15-16)25-14-9-13-24-5-2/h11-12,15,17H,4-10,13-14H2,1-3H3,(H,21,22). The first-order valence-electron chi connectivity index (χ1n) is 9.25. The second kappa shape index (κ2) is 12.6. The Balaban J connectivity index is 2.75. The number of benzene rings is 1. The second-order valence-corrected chi connectivity index (χ2v) is 6.05. The van der Waals surface area contributed by atoms with E-state index in [-0.39, 0.29) is 0 Å². The average molecular weight is 352 g/mol. The molecule has 0 spiro atoms. The van der Waals surface area contributed by atoms with Crippen LogP contribution in [0.5, 0.6) is 11.5 Å². The van der Waals surface area contributed by atoms with Crippen LogP contribution in [0.3, 0.4) is 0 Å². The van der Waals surface area contributed by atoms with Gasteiger partial charge in [0, 0.05) is 19.6 Å². The second-order valence-electron chi connectivity index (χ2n) is 6.05. The van der Waals surface area contributed by atoms with Gasteiger partial charge in [0.15, 0.2) is 11.5 Å². The first kappa shape index (κ1) is 21.3. The fraction of sp³-hybridized carbons (Fsp3) is 0.650. The van der Waals surface area contributed by atoms with E-state index < -0.39 is 11.9 Å². The lowest BCUT2D eigenvalue weighted by atomic mass is 9.93. The third-order valence-electron chi connectivity index (χ3n) is 4.13. The molecule has 1 aromatic carbocycles. The van der Waals surface area contributed by atoms with Crippen molar-refractivity contribution in [1.82, 2.24) is 0 Å². The Morgan fingerprint density at radius 3 is 2.52 bits per heavy atom. The van der Waals surface area contributed by atoms with Crippen molar-refractivity contribution in [2.24, 2.45) is 0 Å². The average Bonchev–Trinajstić information content (AvgIpc) is 2.61. The Kier molecular flexibility index (Phi) is 10.7. The first-order valence-corrected chi connectivity index (χ1v) is 9.25. The fourth-order valence-corrected chi connectivity index (χ4v) is 2.72. The highest BCUT2D eigenvalue weighted by molar-refractivity contribution is 5.76. The molecule has 0 aliphatic carbocycles. The summed E-state index contributed by atoms with van der Waals surface area (Å²) < 4.78 is 16.4. The fourth-order valence-electron chi connectivity index (χ4n) is 2.72. The van der Waals surface area contributed by atoms with Gasteiger partial charge in [-0.2, -0.15) is 0 Å². The third-order valence-corrected chi connectivity index (χ3v) is 4.13. The molecule has 5 nitrogen and oxygen atoms in total. The summed E-state index contributed by atoms with van der Waals surface area (Å²) in [4.78, 5) is 11.7. The van der Waals surface area contributed by atoms with E-state index in [4.69, 9.17) is 14.2 Å². The summed E-state index contributed by atoms with van der Waals surface area (Å²) in [6.45, 7) is 5.95. The molecular formula is C20H32O5. The van der Waals surface area contributed by atoms with E-state index in [2.05, 4.69) is 6.92 Å². The van der Waals surface area contributed by atoms with Crippen LogP contribution in [0.15, 0.2) is 18.2 Å².